The lowest BCUT2D eigenvalue weighted by Gasteiger charge is -2.04. The number of thiazole rings is 1. The van der Waals surface area contributed by atoms with Crippen LogP contribution in [-0.4, -0.2) is 10.8 Å². The predicted octanol–water partition coefficient (Wildman–Crippen LogP) is 3.58. The number of benzene rings is 1. The summed E-state index contributed by atoms with van der Waals surface area (Å²) in [6.45, 7) is 4.90. The van der Waals surface area contributed by atoms with Crippen LogP contribution in [0.1, 0.15) is 31.5 Å². The highest BCUT2D eigenvalue weighted by atomic mass is 32.1. The molecule has 0 spiro atoms. The molecule has 0 aliphatic heterocycles. The molecule has 0 unspecified atom stereocenters. The summed E-state index contributed by atoms with van der Waals surface area (Å²) < 4.78 is 27.2. The fourth-order valence-corrected chi connectivity index (χ4v) is 2.56. The van der Waals surface area contributed by atoms with Crippen molar-refractivity contribution in [3.8, 4) is 0 Å². The number of carbonyl (C=O) groups is 1. The molecular weight excluding hydrogens is 256 g/mol. The molecule has 1 aromatic carbocycles. The van der Waals surface area contributed by atoms with Gasteiger partial charge in [0.1, 0.15) is 0 Å². The number of aromatic nitrogens is 1. The molecule has 2 rings (SSSR count). The lowest BCUT2D eigenvalue weighted by molar-refractivity contribution is 0.103. The van der Waals surface area contributed by atoms with E-state index >= 15 is 0 Å². The van der Waals surface area contributed by atoms with Crippen LogP contribution in [-0.2, 0) is 0 Å². The molecule has 0 amide bonds. The number of hydrogen-bond acceptors (Lipinski definition) is 3. The van der Waals surface area contributed by atoms with Gasteiger partial charge in [0, 0.05) is 0 Å². The molecule has 0 aliphatic carbocycles. The van der Waals surface area contributed by atoms with Crippen molar-refractivity contribution in [1.82, 2.24) is 4.98 Å². The quantitative estimate of drug-likeness (QED) is 0.778. The molecule has 5 heteroatoms. The van der Waals surface area contributed by atoms with E-state index in [2.05, 4.69) is 4.98 Å². The third-order valence-corrected chi connectivity index (χ3v) is 3.70. The number of hydrogen-bond donors (Lipinski definition) is 0. The first-order valence-electron chi connectivity index (χ1n) is 5.35. The normalized spacial score (nSPS) is 10.7. The molecule has 94 valence electrons. The Hall–Kier alpha value is -1.62. The molecule has 0 bridgehead atoms. The van der Waals surface area contributed by atoms with E-state index in [-0.39, 0.29) is 11.1 Å². The lowest BCUT2D eigenvalue weighted by atomic mass is 10.1. The molecule has 2 aromatic rings. The van der Waals surface area contributed by atoms with E-state index in [1.807, 2.05) is 0 Å². The molecule has 0 saturated heterocycles. The Morgan fingerprint density at radius 2 is 1.83 bits per heavy atom. The van der Waals surface area contributed by atoms with Gasteiger partial charge in [-0.3, -0.25) is 4.79 Å². The summed E-state index contributed by atoms with van der Waals surface area (Å²) in [6.07, 6.45) is 0. The number of carbonyl (C=O) groups excluding carboxylic acids is 1. The second-order valence-electron chi connectivity index (χ2n) is 4.03. The van der Waals surface area contributed by atoms with Gasteiger partial charge in [-0.25, -0.2) is 13.8 Å². The lowest BCUT2D eigenvalue weighted by Crippen LogP contribution is -2.06. The summed E-state index contributed by atoms with van der Waals surface area (Å²) >= 11 is 1.19. The van der Waals surface area contributed by atoms with E-state index in [9.17, 15) is 13.6 Å². The topological polar surface area (TPSA) is 30.0 Å². The second-order valence-corrected chi connectivity index (χ2v) is 5.24. The van der Waals surface area contributed by atoms with Gasteiger partial charge in [0.15, 0.2) is 11.6 Å². The molecular formula is C13H11F2NOS. The van der Waals surface area contributed by atoms with E-state index < -0.39 is 17.4 Å². The van der Waals surface area contributed by atoms with Crippen LogP contribution in [0.25, 0.3) is 0 Å². The van der Waals surface area contributed by atoms with Crippen molar-refractivity contribution in [2.45, 2.75) is 20.8 Å². The Kier molecular flexibility index (Phi) is 3.26. The Morgan fingerprint density at radius 1 is 1.17 bits per heavy atom. The van der Waals surface area contributed by atoms with Gasteiger partial charge in [-0.2, -0.15) is 0 Å². The van der Waals surface area contributed by atoms with Gasteiger partial charge in [0.2, 0.25) is 5.78 Å². The smallest absolute Gasteiger partial charge is 0.207 e. The maximum atomic E-state index is 13.7. The van der Waals surface area contributed by atoms with Gasteiger partial charge in [-0.1, -0.05) is 6.07 Å². The zero-order valence-corrected chi connectivity index (χ0v) is 11.0. The van der Waals surface area contributed by atoms with Crippen molar-refractivity contribution < 1.29 is 13.6 Å². The van der Waals surface area contributed by atoms with Gasteiger partial charge < -0.3 is 0 Å². The molecule has 0 atom stereocenters. The number of halogens is 2. The van der Waals surface area contributed by atoms with Crippen LogP contribution in [0.4, 0.5) is 8.78 Å². The van der Waals surface area contributed by atoms with Crippen LogP contribution in [0.15, 0.2) is 12.1 Å². The largest absolute Gasteiger partial charge is 0.288 e. The van der Waals surface area contributed by atoms with Crippen LogP contribution in [0.3, 0.4) is 0 Å². The third kappa shape index (κ3) is 2.06. The number of rotatable bonds is 2. The Labute approximate surface area is 107 Å². The Balaban J connectivity index is 2.53. The highest BCUT2D eigenvalue weighted by Crippen LogP contribution is 2.24. The predicted molar refractivity (Wildman–Crippen MR) is 66.1 cm³/mol. The number of aryl methyl sites for hydroxylation is 3. The molecule has 0 aliphatic rings. The Morgan fingerprint density at radius 3 is 2.39 bits per heavy atom. The van der Waals surface area contributed by atoms with E-state index in [1.165, 1.54) is 30.4 Å². The summed E-state index contributed by atoms with van der Waals surface area (Å²) in [6, 6.07) is 2.71. The van der Waals surface area contributed by atoms with Gasteiger partial charge >= 0.3 is 0 Å². The van der Waals surface area contributed by atoms with Crippen molar-refractivity contribution in [2.24, 2.45) is 0 Å². The van der Waals surface area contributed by atoms with E-state index in [4.69, 9.17) is 0 Å². The fraction of sp³-hybridized carbons (Fsp3) is 0.231. The summed E-state index contributed by atoms with van der Waals surface area (Å²) in [5, 5.41) is 0.726. The van der Waals surface area contributed by atoms with Crippen LogP contribution >= 0.6 is 11.3 Å². The monoisotopic (exact) mass is 267 g/mol. The zero-order valence-electron chi connectivity index (χ0n) is 10.2. The molecule has 2 nitrogen and oxygen atoms in total. The van der Waals surface area contributed by atoms with E-state index in [0.29, 0.717) is 10.6 Å². The molecule has 1 aromatic heterocycles. The standard InChI is InChI=1S/C13H11F2NOS/c1-6-4-5-9(11(15)10(6)14)12(17)13-7(2)16-8(3)18-13/h4-5H,1-3H3. The van der Waals surface area contributed by atoms with Gasteiger partial charge in [0.05, 0.1) is 21.1 Å². The SMILES string of the molecule is Cc1nc(C)c(C(=O)c2ccc(C)c(F)c2F)s1. The molecule has 0 saturated carbocycles. The van der Waals surface area contributed by atoms with Crippen LogP contribution in [0.5, 0.6) is 0 Å². The summed E-state index contributed by atoms with van der Waals surface area (Å²) in [4.78, 5) is 16.6. The first kappa shape index (κ1) is 12.8. The summed E-state index contributed by atoms with van der Waals surface area (Å²) in [5.74, 6) is -2.58. The van der Waals surface area contributed by atoms with Crippen molar-refractivity contribution in [3.63, 3.8) is 0 Å². The molecule has 0 radical (unpaired) electrons. The van der Waals surface area contributed by atoms with Crippen molar-refractivity contribution in [2.75, 3.05) is 0 Å². The Bertz CT molecular complexity index is 634. The highest BCUT2D eigenvalue weighted by molar-refractivity contribution is 7.14. The van der Waals surface area contributed by atoms with E-state index in [0.717, 1.165) is 5.01 Å². The maximum Gasteiger partial charge on any atom is 0.207 e. The minimum Gasteiger partial charge on any atom is -0.288 e. The molecule has 1 heterocycles. The average Bonchev–Trinajstić information content (AvgIpc) is 2.65. The number of ketones is 1. The minimum atomic E-state index is -1.09. The van der Waals surface area contributed by atoms with Gasteiger partial charge in [0.25, 0.3) is 0 Å². The van der Waals surface area contributed by atoms with Crippen molar-refractivity contribution in [1.29, 1.82) is 0 Å². The summed E-state index contributed by atoms with van der Waals surface area (Å²) in [5.41, 5.74) is 0.481. The van der Waals surface area contributed by atoms with Crippen LogP contribution < -0.4 is 0 Å². The van der Waals surface area contributed by atoms with Gasteiger partial charge in [-0.15, -0.1) is 11.3 Å². The first-order chi connectivity index (χ1) is 8.41. The highest BCUT2D eigenvalue weighted by Gasteiger charge is 2.21. The molecule has 18 heavy (non-hydrogen) atoms. The zero-order chi connectivity index (χ0) is 13.4. The van der Waals surface area contributed by atoms with Crippen molar-refractivity contribution >= 4 is 17.1 Å². The molecule has 0 fully saturated rings. The van der Waals surface area contributed by atoms with Crippen LogP contribution in [0.2, 0.25) is 0 Å². The second kappa shape index (κ2) is 4.57. The number of nitrogens with zero attached hydrogens (tertiary/aromatic N) is 1. The van der Waals surface area contributed by atoms with Crippen molar-refractivity contribution in [3.05, 3.63) is 50.5 Å². The minimum absolute atomic E-state index is 0.182. The maximum absolute atomic E-state index is 13.7. The summed E-state index contributed by atoms with van der Waals surface area (Å²) in [7, 11) is 0. The third-order valence-electron chi connectivity index (χ3n) is 2.63. The van der Waals surface area contributed by atoms with Crippen LogP contribution in [0, 0.1) is 32.4 Å². The fourth-order valence-electron chi connectivity index (χ4n) is 1.69. The van der Waals surface area contributed by atoms with E-state index in [1.54, 1.807) is 13.8 Å². The molecule has 0 N–H and O–H groups in total. The van der Waals surface area contributed by atoms with Gasteiger partial charge in [-0.05, 0) is 32.4 Å². The average molecular weight is 267 g/mol. The first-order valence-corrected chi connectivity index (χ1v) is 6.16.